The van der Waals surface area contributed by atoms with Crippen LogP contribution in [0.15, 0.2) is 30.3 Å². The molecule has 17 heteroatoms. The van der Waals surface area contributed by atoms with Crippen LogP contribution in [0, 0.1) is 5.92 Å². The van der Waals surface area contributed by atoms with Gasteiger partial charge in [-0.25, -0.2) is 4.79 Å². The molecule has 1 aromatic carbocycles. The smallest absolute Gasteiger partial charge is 0.326 e. The fraction of sp³-hybridized carbons (Fsp3) is 0.682. The van der Waals surface area contributed by atoms with E-state index in [1.807, 2.05) is 13.8 Å². The Labute approximate surface area is 360 Å². The maximum Gasteiger partial charge on any atom is 0.326 e. The number of unbranched alkanes of at least 4 members (excludes halogenated alkanes) is 11. The Morgan fingerprint density at radius 2 is 1.20 bits per heavy atom. The second-order valence-electron chi connectivity index (χ2n) is 16.7. The fourth-order valence-corrected chi connectivity index (χ4v) is 7.47. The van der Waals surface area contributed by atoms with Crippen molar-refractivity contribution in [2.45, 2.75) is 179 Å². The number of nitrogens with one attached hydrogen (secondary N) is 4. The van der Waals surface area contributed by atoms with Gasteiger partial charge < -0.3 is 47.8 Å². The van der Waals surface area contributed by atoms with Crippen LogP contribution in [-0.4, -0.2) is 105 Å². The van der Waals surface area contributed by atoms with Crippen LogP contribution in [0.3, 0.4) is 0 Å². The number of rotatable bonds is 31. The number of hydrogen-bond donors (Lipinski definition) is 8. The molecule has 10 N–H and O–H groups in total. The number of benzene rings is 1. The van der Waals surface area contributed by atoms with Gasteiger partial charge in [-0.1, -0.05) is 108 Å². The summed E-state index contributed by atoms with van der Waals surface area (Å²) >= 11 is 0. The number of aliphatic hydroxyl groups excluding tert-OH is 1. The number of nitrogens with two attached hydrogens (primary N) is 2. The summed E-state index contributed by atoms with van der Waals surface area (Å²) in [7, 11) is 0. The molecule has 61 heavy (non-hydrogen) atoms. The van der Waals surface area contributed by atoms with Crippen molar-refractivity contribution < 1.29 is 48.6 Å². The molecule has 1 aliphatic heterocycles. The first-order chi connectivity index (χ1) is 29.0. The molecule has 0 unspecified atom stereocenters. The van der Waals surface area contributed by atoms with Crippen molar-refractivity contribution in [2.24, 2.45) is 17.4 Å². The summed E-state index contributed by atoms with van der Waals surface area (Å²) in [5.41, 5.74) is 11.5. The number of primary amides is 2. The quantitative estimate of drug-likeness (QED) is 0.0505. The number of hydrogen-bond acceptors (Lipinski definition) is 9. The number of aliphatic hydroxyl groups is 1. The highest BCUT2D eigenvalue weighted by atomic mass is 16.4. The van der Waals surface area contributed by atoms with Crippen LogP contribution in [0.5, 0.6) is 0 Å². The van der Waals surface area contributed by atoms with Gasteiger partial charge in [0.25, 0.3) is 0 Å². The van der Waals surface area contributed by atoms with Crippen molar-refractivity contribution in [1.82, 2.24) is 26.2 Å². The van der Waals surface area contributed by atoms with E-state index < -0.39 is 84.1 Å². The van der Waals surface area contributed by atoms with Gasteiger partial charge in [-0.2, -0.15) is 0 Å². The van der Waals surface area contributed by atoms with Crippen LogP contribution < -0.4 is 32.7 Å². The second-order valence-corrected chi connectivity index (χ2v) is 16.7. The normalized spacial score (nSPS) is 16.1. The van der Waals surface area contributed by atoms with E-state index in [2.05, 4.69) is 21.3 Å². The molecule has 0 saturated carbocycles. The highest BCUT2D eigenvalue weighted by Gasteiger charge is 2.38. The summed E-state index contributed by atoms with van der Waals surface area (Å²) < 4.78 is 0. The van der Waals surface area contributed by atoms with Crippen LogP contribution in [0.1, 0.15) is 142 Å². The van der Waals surface area contributed by atoms with Gasteiger partial charge in [-0.05, 0) is 50.5 Å². The van der Waals surface area contributed by atoms with E-state index in [1.165, 1.54) is 11.8 Å². The van der Waals surface area contributed by atoms with Crippen LogP contribution in [-0.2, 0) is 44.8 Å². The summed E-state index contributed by atoms with van der Waals surface area (Å²) in [4.78, 5) is 101. The number of carbonyl (C=O) groups excluding carboxylic acids is 7. The molecule has 6 atom stereocenters. The monoisotopic (exact) mass is 858 g/mol. The summed E-state index contributed by atoms with van der Waals surface area (Å²) in [5, 5.41) is 30.2. The summed E-state index contributed by atoms with van der Waals surface area (Å²) in [6.07, 6.45) is 11.4. The predicted octanol–water partition coefficient (Wildman–Crippen LogP) is 2.49. The molecular formula is C44H71N7O10. The van der Waals surface area contributed by atoms with E-state index in [-0.39, 0.29) is 31.1 Å². The molecule has 2 rings (SSSR count). The number of nitrogens with zero attached hydrogens (tertiary/aromatic N) is 1. The van der Waals surface area contributed by atoms with Gasteiger partial charge in [0.15, 0.2) is 0 Å². The molecule has 7 amide bonds. The standard InChI is InChI=1S/C44H71N7O10/c1-29(2)26-33(43(59)51-25-19-22-35(51)40(46)56)48-42(58)39(30(3)52)50-38(55)24-18-13-11-9-7-5-4-6-8-10-12-17-23-37(54)47-32(28-36(45)53)41(57)49-34(44(60)61)27-31-20-15-14-16-21-31/h14-16,20-21,29-30,32-35,39,52H,4-13,17-19,22-28H2,1-3H3,(H2,45,53)(H2,46,56)(H,47,54)(H,48,58)(H,49,57)(H,50,55)(H,60,61)/t30-,32+,33+,34+,35+,39+/m1/s1. The van der Waals surface area contributed by atoms with Gasteiger partial charge in [0, 0.05) is 25.8 Å². The third-order valence-electron chi connectivity index (χ3n) is 10.8. The van der Waals surface area contributed by atoms with E-state index >= 15 is 0 Å². The lowest BCUT2D eigenvalue weighted by molar-refractivity contribution is -0.142. The lowest BCUT2D eigenvalue weighted by atomic mass is 10.0. The van der Waals surface area contributed by atoms with E-state index in [0.717, 1.165) is 64.2 Å². The Balaban J connectivity index is 1.59. The second kappa shape index (κ2) is 28.5. The van der Waals surface area contributed by atoms with Gasteiger partial charge in [0.05, 0.1) is 12.5 Å². The Bertz CT molecular complexity index is 1570. The molecule has 0 bridgehead atoms. The molecule has 1 fully saturated rings. The predicted molar refractivity (Wildman–Crippen MR) is 229 cm³/mol. The first kappa shape index (κ1) is 52.1. The lowest BCUT2D eigenvalue weighted by Crippen LogP contribution is -2.58. The number of carbonyl (C=O) groups is 8. The first-order valence-corrected chi connectivity index (χ1v) is 22.0. The molecule has 17 nitrogen and oxygen atoms in total. The minimum atomic E-state index is -1.27. The number of carboxylic acid groups (broad SMARTS) is 1. The summed E-state index contributed by atoms with van der Waals surface area (Å²) in [6.45, 7) is 5.59. The van der Waals surface area contributed by atoms with Gasteiger partial charge in [0.1, 0.15) is 30.2 Å². The largest absolute Gasteiger partial charge is 0.480 e. The fourth-order valence-electron chi connectivity index (χ4n) is 7.47. The minimum absolute atomic E-state index is 0.0373. The molecule has 1 heterocycles. The zero-order chi connectivity index (χ0) is 45.3. The number of amides is 7. The Kier molecular flexibility index (Phi) is 24.3. The molecule has 1 aromatic rings. The third kappa shape index (κ3) is 20.8. The topological polar surface area (TPSA) is 280 Å². The lowest BCUT2D eigenvalue weighted by Gasteiger charge is -2.30. The van der Waals surface area contributed by atoms with Crippen LogP contribution in [0.2, 0.25) is 0 Å². The van der Waals surface area contributed by atoms with Gasteiger partial charge in [0.2, 0.25) is 41.4 Å². The van der Waals surface area contributed by atoms with Crippen molar-refractivity contribution in [3.8, 4) is 0 Å². The molecule has 1 aliphatic rings. The average molecular weight is 858 g/mol. The Hall–Kier alpha value is -5.06. The van der Waals surface area contributed by atoms with E-state index in [4.69, 9.17) is 11.5 Å². The van der Waals surface area contributed by atoms with Crippen molar-refractivity contribution in [1.29, 1.82) is 0 Å². The van der Waals surface area contributed by atoms with Crippen LogP contribution in [0.25, 0.3) is 0 Å². The highest BCUT2D eigenvalue weighted by Crippen LogP contribution is 2.20. The van der Waals surface area contributed by atoms with E-state index in [0.29, 0.717) is 44.2 Å². The average Bonchev–Trinajstić information content (AvgIpc) is 3.69. The Morgan fingerprint density at radius 3 is 1.67 bits per heavy atom. The van der Waals surface area contributed by atoms with Crippen molar-refractivity contribution in [3.05, 3.63) is 35.9 Å². The zero-order valence-electron chi connectivity index (χ0n) is 36.3. The SMILES string of the molecule is CC(C)C[C@H](NC(=O)[C@@H](NC(=O)CCCCCCCCCCCCCCC(=O)N[C@@H](CC(N)=O)C(=O)N[C@@H](Cc1ccccc1)C(=O)O)[C@@H](C)O)C(=O)N1CCC[C@H]1C(N)=O. The summed E-state index contributed by atoms with van der Waals surface area (Å²) in [6, 6.07) is 3.39. The van der Waals surface area contributed by atoms with Gasteiger partial charge >= 0.3 is 5.97 Å². The van der Waals surface area contributed by atoms with Gasteiger partial charge in [-0.3, -0.25) is 33.6 Å². The molecule has 0 radical (unpaired) electrons. The maximum absolute atomic E-state index is 13.4. The molecule has 0 aromatic heterocycles. The van der Waals surface area contributed by atoms with Crippen molar-refractivity contribution in [3.63, 3.8) is 0 Å². The zero-order valence-corrected chi connectivity index (χ0v) is 36.3. The van der Waals surface area contributed by atoms with Crippen molar-refractivity contribution in [2.75, 3.05) is 6.54 Å². The molecule has 0 spiro atoms. The van der Waals surface area contributed by atoms with Gasteiger partial charge in [-0.15, -0.1) is 0 Å². The number of aliphatic carboxylic acids is 1. The molecule has 342 valence electrons. The molecule has 1 saturated heterocycles. The minimum Gasteiger partial charge on any atom is -0.480 e. The first-order valence-electron chi connectivity index (χ1n) is 22.0. The van der Waals surface area contributed by atoms with E-state index in [9.17, 15) is 48.6 Å². The molecule has 0 aliphatic carbocycles. The highest BCUT2D eigenvalue weighted by molar-refractivity contribution is 5.95. The maximum atomic E-state index is 13.4. The molecular weight excluding hydrogens is 787 g/mol. The third-order valence-corrected chi connectivity index (χ3v) is 10.8. The number of carboxylic acids is 1. The van der Waals surface area contributed by atoms with Crippen LogP contribution in [0.4, 0.5) is 0 Å². The summed E-state index contributed by atoms with van der Waals surface area (Å²) in [5.74, 6) is -5.19. The van der Waals surface area contributed by atoms with Crippen LogP contribution >= 0.6 is 0 Å². The Morgan fingerprint density at radius 1 is 0.689 bits per heavy atom. The van der Waals surface area contributed by atoms with E-state index in [1.54, 1.807) is 30.3 Å². The van der Waals surface area contributed by atoms with Crippen molar-refractivity contribution >= 4 is 47.3 Å². The number of likely N-dealkylation sites (tertiary alicyclic amines) is 1.